The van der Waals surface area contributed by atoms with Crippen LogP contribution in [0.4, 0.5) is 5.69 Å². The third-order valence-corrected chi connectivity index (χ3v) is 4.83. The molecule has 0 N–H and O–H groups in total. The molecule has 2 aromatic rings. The molecule has 1 aromatic carbocycles. The second-order valence-electron chi connectivity index (χ2n) is 6.28. The summed E-state index contributed by atoms with van der Waals surface area (Å²) in [5, 5.41) is 0.722. The van der Waals surface area contributed by atoms with E-state index in [4.69, 9.17) is 11.6 Å². The summed E-state index contributed by atoms with van der Waals surface area (Å²) in [5.41, 5.74) is 3.68. The van der Waals surface area contributed by atoms with Gasteiger partial charge in [-0.1, -0.05) is 11.6 Å². The molecule has 1 aromatic heterocycles. The maximum absolute atomic E-state index is 13.2. The van der Waals surface area contributed by atoms with Gasteiger partial charge in [-0.2, -0.15) is 0 Å². The van der Waals surface area contributed by atoms with E-state index >= 15 is 0 Å². The fourth-order valence-electron chi connectivity index (χ4n) is 3.27. The van der Waals surface area contributed by atoms with E-state index in [0.717, 1.165) is 60.6 Å². The highest BCUT2D eigenvalue weighted by atomic mass is 35.5. The van der Waals surface area contributed by atoms with Gasteiger partial charge in [0, 0.05) is 29.4 Å². The number of aromatic nitrogens is 2. The van der Waals surface area contributed by atoms with Crippen LogP contribution in [0.5, 0.6) is 0 Å². The number of nitrogens with zero attached hydrogens (tertiary/aromatic N) is 3. The summed E-state index contributed by atoms with van der Waals surface area (Å²) in [4.78, 5) is 23.5. The summed E-state index contributed by atoms with van der Waals surface area (Å²) in [6, 6.07) is 5.79. The van der Waals surface area contributed by atoms with E-state index in [-0.39, 0.29) is 5.91 Å². The molecule has 5 heteroatoms. The number of halogens is 1. The Morgan fingerprint density at radius 3 is 2.96 bits per heavy atom. The van der Waals surface area contributed by atoms with E-state index in [1.54, 1.807) is 12.5 Å². The molecule has 1 fully saturated rings. The molecule has 0 bridgehead atoms. The van der Waals surface area contributed by atoms with Crippen molar-refractivity contribution in [1.29, 1.82) is 0 Å². The summed E-state index contributed by atoms with van der Waals surface area (Å²) in [7, 11) is 0. The van der Waals surface area contributed by atoms with E-state index in [1.807, 2.05) is 23.1 Å². The number of hydrogen-bond donors (Lipinski definition) is 0. The fourth-order valence-corrected chi connectivity index (χ4v) is 3.46. The van der Waals surface area contributed by atoms with Gasteiger partial charge in [0.1, 0.15) is 6.33 Å². The molecule has 2 heterocycles. The number of hydrogen-bond acceptors (Lipinski definition) is 3. The Kier molecular flexibility index (Phi) is 3.77. The first-order valence-corrected chi connectivity index (χ1v) is 8.52. The quantitative estimate of drug-likeness (QED) is 0.837. The number of aryl methyl sites for hydroxylation is 1. The molecular formula is C18H18ClN3O. The van der Waals surface area contributed by atoms with E-state index in [1.165, 1.54) is 0 Å². The molecule has 0 atom stereocenters. The van der Waals surface area contributed by atoms with Crippen molar-refractivity contribution in [2.45, 2.75) is 38.0 Å². The summed E-state index contributed by atoms with van der Waals surface area (Å²) in [6.07, 6.45) is 8.46. The first kappa shape index (κ1) is 14.6. The average molecular weight is 328 g/mol. The Morgan fingerprint density at radius 1 is 1.26 bits per heavy atom. The topological polar surface area (TPSA) is 46.1 Å². The zero-order valence-corrected chi connectivity index (χ0v) is 13.6. The molecule has 2 aliphatic rings. The first-order chi connectivity index (χ1) is 11.2. The highest BCUT2D eigenvalue weighted by Gasteiger charge is 2.32. The standard InChI is InChI=1S/C18H18ClN3O/c19-14-6-7-16-13(9-14)3-1-2-8-22(16)18(23)15-10-20-11-21-17(15)12-4-5-12/h6-7,9-12H,1-5,8H2. The van der Waals surface area contributed by atoms with Crippen molar-refractivity contribution in [2.75, 3.05) is 11.4 Å². The van der Waals surface area contributed by atoms with Gasteiger partial charge < -0.3 is 4.90 Å². The summed E-state index contributed by atoms with van der Waals surface area (Å²) >= 11 is 6.13. The largest absolute Gasteiger partial charge is 0.308 e. The minimum Gasteiger partial charge on any atom is -0.308 e. The number of fused-ring (bicyclic) bond motifs is 1. The van der Waals surface area contributed by atoms with Gasteiger partial charge in [-0.25, -0.2) is 9.97 Å². The van der Waals surface area contributed by atoms with Gasteiger partial charge in [0.25, 0.3) is 5.91 Å². The maximum atomic E-state index is 13.2. The first-order valence-electron chi connectivity index (χ1n) is 8.14. The lowest BCUT2D eigenvalue weighted by molar-refractivity contribution is 0.0985. The maximum Gasteiger partial charge on any atom is 0.261 e. The molecule has 118 valence electrons. The van der Waals surface area contributed by atoms with Crippen LogP contribution in [-0.2, 0) is 6.42 Å². The lowest BCUT2D eigenvalue weighted by Gasteiger charge is -2.23. The predicted octanol–water partition coefficient (Wildman–Crippen LogP) is 3.99. The molecule has 1 aliphatic carbocycles. The molecule has 0 radical (unpaired) electrons. The van der Waals surface area contributed by atoms with Gasteiger partial charge in [0.15, 0.2) is 0 Å². The highest BCUT2D eigenvalue weighted by Crippen LogP contribution is 2.41. The lowest BCUT2D eigenvalue weighted by Crippen LogP contribution is -2.32. The van der Waals surface area contributed by atoms with Crippen molar-refractivity contribution in [3.63, 3.8) is 0 Å². The zero-order valence-electron chi connectivity index (χ0n) is 12.8. The lowest BCUT2D eigenvalue weighted by atomic mass is 10.1. The van der Waals surface area contributed by atoms with E-state index < -0.39 is 0 Å². The van der Waals surface area contributed by atoms with Crippen molar-refractivity contribution in [2.24, 2.45) is 0 Å². The summed E-state index contributed by atoms with van der Waals surface area (Å²) in [5.74, 6) is 0.437. The monoisotopic (exact) mass is 327 g/mol. The molecule has 0 spiro atoms. The molecule has 4 nitrogen and oxygen atoms in total. The number of carbonyl (C=O) groups is 1. The van der Waals surface area contributed by atoms with Gasteiger partial charge in [0.2, 0.25) is 0 Å². The Bertz CT molecular complexity index is 758. The Balaban J connectivity index is 1.74. The van der Waals surface area contributed by atoms with Crippen LogP contribution in [0.3, 0.4) is 0 Å². The van der Waals surface area contributed by atoms with Crippen LogP contribution in [0.25, 0.3) is 0 Å². The van der Waals surface area contributed by atoms with Gasteiger partial charge >= 0.3 is 0 Å². The van der Waals surface area contributed by atoms with Crippen LogP contribution >= 0.6 is 11.6 Å². The van der Waals surface area contributed by atoms with Crippen molar-refractivity contribution < 1.29 is 4.79 Å². The Morgan fingerprint density at radius 2 is 2.13 bits per heavy atom. The van der Waals surface area contributed by atoms with Crippen molar-refractivity contribution in [1.82, 2.24) is 9.97 Å². The normalized spacial score (nSPS) is 17.5. The van der Waals surface area contributed by atoms with Crippen LogP contribution < -0.4 is 4.90 Å². The fraction of sp³-hybridized carbons (Fsp3) is 0.389. The van der Waals surface area contributed by atoms with E-state index in [9.17, 15) is 4.79 Å². The van der Waals surface area contributed by atoms with Gasteiger partial charge in [-0.3, -0.25) is 4.79 Å². The molecule has 23 heavy (non-hydrogen) atoms. The number of amides is 1. The number of carbonyl (C=O) groups excluding carboxylic acids is 1. The van der Waals surface area contributed by atoms with Crippen molar-refractivity contribution in [3.05, 3.63) is 52.6 Å². The van der Waals surface area contributed by atoms with Gasteiger partial charge in [0.05, 0.1) is 11.3 Å². The number of anilines is 1. The number of benzene rings is 1. The van der Waals surface area contributed by atoms with E-state index in [2.05, 4.69) is 9.97 Å². The second-order valence-corrected chi connectivity index (χ2v) is 6.72. The summed E-state index contributed by atoms with van der Waals surface area (Å²) in [6.45, 7) is 0.729. The minimum absolute atomic E-state index is 0.0120. The van der Waals surface area contributed by atoms with Crippen molar-refractivity contribution in [3.8, 4) is 0 Å². The molecule has 0 unspecified atom stereocenters. The zero-order chi connectivity index (χ0) is 15.8. The SMILES string of the molecule is O=C(c1cncnc1C1CC1)N1CCCCc2cc(Cl)ccc21. The minimum atomic E-state index is 0.0120. The predicted molar refractivity (Wildman–Crippen MR) is 90.1 cm³/mol. The molecule has 1 amide bonds. The highest BCUT2D eigenvalue weighted by molar-refractivity contribution is 6.30. The smallest absolute Gasteiger partial charge is 0.261 e. The molecule has 1 saturated carbocycles. The molecule has 4 rings (SSSR count). The average Bonchev–Trinajstić information content (AvgIpc) is 3.41. The van der Waals surface area contributed by atoms with E-state index in [0.29, 0.717) is 11.5 Å². The number of rotatable bonds is 2. The molecule has 1 aliphatic heterocycles. The summed E-state index contributed by atoms with van der Waals surface area (Å²) < 4.78 is 0. The Labute approximate surface area is 140 Å². The third kappa shape index (κ3) is 2.83. The molecular weight excluding hydrogens is 310 g/mol. The second kappa shape index (κ2) is 5.93. The van der Waals surface area contributed by atoms with Gasteiger partial charge in [-0.05, 0) is 55.9 Å². The van der Waals surface area contributed by atoms with Crippen LogP contribution in [0, 0.1) is 0 Å². The van der Waals surface area contributed by atoms with Crippen molar-refractivity contribution >= 4 is 23.2 Å². The van der Waals surface area contributed by atoms with Crippen LogP contribution in [0.15, 0.2) is 30.7 Å². The van der Waals surface area contributed by atoms with Crippen LogP contribution in [0.2, 0.25) is 5.02 Å². The third-order valence-electron chi connectivity index (χ3n) is 4.59. The van der Waals surface area contributed by atoms with Crippen LogP contribution in [-0.4, -0.2) is 22.4 Å². The van der Waals surface area contributed by atoms with Crippen LogP contribution in [0.1, 0.15) is 53.2 Å². The van der Waals surface area contributed by atoms with Gasteiger partial charge in [-0.15, -0.1) is 0 Å². The Hall–Kier alpha value is -1.94. The molecule has 0 saturated heterocycles.